The average molecular weight is 634 g/mol. The van der Waals surface area contributed by atoms with Crippen molar-refractivity contribution in [3.63, 3.8) is 0 Å². The van der Waals surface area contributed by atoms with Gasteiger partial charge in [0, 0.05) is 24.6 Å². The smallest absolute Gasteiger partial charge is 0.464 e. The van der Waals surface area contributed by atoms with Crippen molar-refractivity contribution in [2.45, 2.75) is 89.1 Å². The molecule has 2 amide bonds. The summed E-state index contributed by atoms with van der Waals surface area (Å²) in [6.07, 6.45) is 11.8. The van der Waals surface area contributed by atoms with Crippen LogP contribution in [0.5, 0.6) is 0 Å². The Morgan fingerprint density at radius 3 is 2.80 bits per heavy atom. The van der Waals surface area contributed by atoms with Crippen molar-refractivity contribution < 1.29 is 28.1 Å². The fraction of sp³-hybridized carbons (Fsp3) is 0.618. The first-order chi connectivity index (χ1) is 21.6. The van der Waals surface area contributed by atoms with Gasteiger partial charge in [-0.15, -0.1) is 18.0 Å². The molecule has 2 aliphatic carbocycles. The predicted octanol–water partition coefficient (Wildman–Crippen LogP) is 4.51. The highest BCUT2D eigenvalue weighted by atomic mass is 35.5. The van der Waals surface area contributed by atoms with Crippen LogP contribution in [0.3, 0.4) is 0 Å². The van der Waals surface area contributed by atoms with Gasteiger partial charge in [-0.1, -0.05) is 31.0 Å². The zero-order chi connectivity index (χ0) is 31.9. The van der Waals surface area contributed by atoms with Gasteiger partial charge in [-0.05, 0) is 81.3 Å². The van der Waals surface area contributed by atoms with Gasteiger partial charge in [0.1, 0.15) is 11.5 Å². The largest absolute Gasteiger partial charge is 0.482 e. The Kier molecular flexibility index (Phi) is 8.98. The van der Waals surface area contributed by atoms with Gasteiger partial charge >= 0.3 is 7.12 Å². The maximum absolute atomic E-state index is 13.0. The maximum atomic E-state index is 13.0. The molecule has 9 atom stereocenters. The Morgan fingerprint density at radius 2 is 2.07 bits per heavy atom. The molecule has 0 radical (unpaired) electrons. The Hall–Kier alpha value is -3.02. The zero-order valence-corrected chi connectivity index (χ0v) is 26.9. The molecule has 1 N–H and O–H groups in total. The topological polar surface area (TPSA) is 114 Å². The number of para-hydroxylation sites is 1. The molecule has 4 fully saturated rings. The molecule has 4 unspecified atom stereocenters. The Bertz CT molecular complexity index is 1510. The Labute approximate surface area is 270 Å². The normalized spacial score (nSPS) is 33.3. The third-order valence-electron chi connectivity index (χ3n) is 11.2. The lowest BCUT2D eigenvalue weighted by molar-refractivity contribution is -0.223. The molecule has 2 bridgehead atoms. The molecule has 1 aromatic heterocycles. The number of nitrogens with zero attached hydrogens (tertiary/aromatic N) is 2. The van der Waals surface area contributed by atoms with Crippen LogP contribution in [0, 0.1) is 46.8 Å². The number of carbonyl (C=O) groups is 2. The standard InChI is InChI=1S/C34H41BClN3O6/c1-5-21(19-37)32(41)39(6-2)24-11-12-42-25(16-24)17-33(3)23-14-28(33)34(4)29(15-23)44-35(45-34)30(38-31(40)18-36)13-22-20-43-27-10-8-7-9-26(22)27/h1,7-10,20-21,23-25,28-30H,6,11-18H2,2-4H3,(H,38,40)/t21?,23-,24?,25?,28-,29+,30-,33?,34-/m0/s1. The van der Waals surface area contributed by atoms with Crippen LogP contribution in [0.25, 0.3) is 11.0 Å². The number of fused-ring (bicyclic) bond motifs is 5. The highest BCUT2D eigenvalue weighted by Gasteiger charge is 2.70. The molecule has 2 saturated carbocycles. The summed E-state index contributed by atoms with van der Waals surface area (Å²) in [5, 5.41) is 13.4. The molecular weight excluding hydrogens is 593 g/mol. The van der Waals surface area contributed by atoms with Crippen molar-refractivity contribution >= 4 is 41.5 Å². The number of ether oxygens (including phenoxy) is 1. The molecule has 2 aromatic rings. The van der Waals surface area contributed by atoms with Gasteiger partial charge in [0.25, 0.3) is 5.91 Å². The van der Waals surface area contributed by atoms with Gasteiger partial charge in [0.05, 0.1) is 36.1 Å². The van der Waals surface area contributed by atoms with E-state index in [0.717, 1.165) is 42.2 Å². The predicted molar refractivity (Wildman–Crippen MR) is 170 cm³/mol. The first-order valence-corrected chi connectivity index (χ1v) is 16.6. The van der Waals surface area contributed by atoms with Gasteiger partial charge in [-0.25, -0.2) is 0 Å². The third kappa shape index (κ3) is 5.65. The van der Waals surface area contributed by atoms with Crippen molar-refractivity contribution in [1.29, 1.82) is 5.26 Å². The van der Waals surface area contributed by atoms with E-state index in [9.17, 15) is 14.9 Å². The summed E-state index contributed by atoms with van der Waals surface area (Å²) >= 11 is 5.91. The summed E-state index contributed by atoms with van der Waals surface area (Å²) in [5.74, 6) is 0.798. The average Bonchev–Trinajstić information content (AvgIpc) is 3.62. The van der Waals surface area contributed by atoms with Crippen LogP contribution < -0.4 is 5.32 Å². The number of nitriles is 1. The minimum Gasteiger partial charge on any atom is -0.464 e. The fourth-order valence-electron chi connectivity index (χ4n) is 8.78. The lowest BCUT2D eigenvalue weighted by atomic mass is 9.41. The number of furan rings is 1. The number of alkyl halides is 1. The minimum absolute atomic E-state index is 0.0157. The molecule has 4 aliphatic rings. The van der Waals surface area contributed by atoms with Gasteiger partial charge in [-0.2, -0.15) is 5.26 Å². The number of carbonyl (C=O) groups excluding carboxylic acids is 2. The first-order valence-electron chi connectivity index (χ1n) is 16.1. The van der Waals surface area contributed by atoms with Crippen LogP contribution in [0.15, 0.2) is 34.9 Å². The Morgan fingerprint density at radius 1 is 1.27 bits per heavy atom. The monoisotopic (exact) mass is 633 g/mol. The van der Waals surface area contributed by atoms with E-state index in [1.54, 1.807) is 11.2 Å². The van der Waals surface area contributed by atoms with Gasteiger partial charge in [0.15, 0.2) is 5.92 Å². The Balaban J connectivity index is 1.16. The minimum atomic E-state index is -1.07. The van der Waals surface area contributed by atoms with Crippen LogP contribution in [-0.2, 0) is 30.1 Å². The van der Waals surface area contributed by atoms with E-state index < -0.39 is 24.6 Å². The third-order valence-corrected chi connectivity index (χ3v) is 11.4. The molecule has 11 heteroatoms. The maximum Gasteiger partial charge on any atom is 0.482 e. The number of terminal acetylenes is 1. The number of hydrogen-bond acceptors (Lipinski definition) is 7. The molecule has 2 aliphatic heterocycles. The van der Waals surface area contributed by atoms with E-state index in [2.05, 4.69) is 25.1 Å². The van der Waals surface area contributed by atoms with Crippen LogP contribution in [0.4, 0.5) is 0 Å². The summed E-state index contributed by atoms with van der Waals surface area (Å²) in [4.78, 5) is 27.3. The number of amides is 2. The number of benzene rings is 1. The summed E-state index contributed by atoms with van der Waals surface area (Å²) in [7, 11) is -0.631. The molecule has 6 rings (SSSR count). The molecule has 45 heavy (non-hydrogen) atoms. The van der Waals surface area contributed by atoms with Crippen molar-refractivity contribution in [1.82, 2.24) is 10.2 Å². The molecular formula is C34H41BClN3O6. The number of halogens is 1. The highest BCUT2D eigenvalue weighted by Crippen LogP contribution is 2.68. The molecule has 238 valence electrons. The lowest BCUT2D eigenvalue weighted by Gasteiger charge is -2.66. The fourth-order valence-corrected chi connectivity index (χ4v) is 8.86. The van der Waals surface area contributed by atoms with E-state index in [-0.39, 0.29) is 47.3 Å². The van der Waals surface area contributed by atoms with Gasteiger partial charge in [-0.3, -0.25) is 9.59 Å². The van der Waals surface area contributed by atoms with Crippen molar-refractivity contribution in [2.75, 3.05) is 19.0 Å². The summed E-state index contributed by atoms with van der Waals surface area (Å²) in [6.45, 7) is 7.49. The van der Waals surface area contributed by atoms with E-state index in [0.29, 0.717) is 31.9 Å². The molecule has 1 aromatic carbocycles. The zero-order valence-electron chi connectivity index (χ0n) is 26.2. The summed E-state index contributed by atoms with van der Waals surface area (Å²) in [5.41, 5.74) is 1.21. The first kappa shape index (κ1) is 31.9. The molecule has 9 nitrogen and oxygen atoms in total. The molecule has 2 saturated heterocycles. The quantitative estimate of drug-likeness (QED) is 0.233. The lowest BCUT2D eigenvalue weighted by Crippen LogP contribution is -2.67. The van der Waals surface area contributed by atoms with Crippen LogP contribution in [0.1, 0.15) is 58.4 Å². The SMILES string of the molecule is C#CC(C#N)C(=O)N(CC)C1CCOC(CC2(C)[C@@H]3C[C@H]4OB([C@H](Cc5coc6ccccc56)NC(=O)CCl)O[C@@]4(C)[C@H]2C3)C1. The van der Waals surface area contributed by atoms with Crippen molar-refractivity contribution in [2.24, 2.45) is 23.2 Å². The van der Waals surface area contributed by atoms with E-state index >= 15 is 0 Å². The van der Waals surface area contributed by atoms with Crippen LogP contribution in [0.2, 0.25) is 0 Å². The van der Waals surface area contributed by atoms with E-state index in [1.807, 2.05) is 37.3 Å². The van der Waals surface area contributed by atoms with Gasteiger partial charge < -0.3 is 28.7 Å². The van der Waals surface area contributed by atoms with E-state index in [4.69, 9.17) is 36.5 Å². The summed E-state index contributed by atoms with van der Waals surface area (Å²) in [6, 6.07) is 9.77. The van der Waals surface area contributed by atoms with Crippen LogP contribution in [-0.4, -0.2) is 72.7 Å². The van der Waals surface area contributed by atoms with Crippen molar-refractivity contribution in [3.8, 4) is 18.4 Å². The second-order valence-electron chi connectivity index (χ2n) is 13.5. The second kappa shape index (κ2) is 12.6. The molecule has 0 spiro atoms. The van der Waals surface area contributed by atoms with Gasteiger partial charge in [0.2, 0.25) is 5.91 Å². The number of nitrogens with one attached hydrogen (secondary N) is 1. The summed E-state index contributed by atoms with van der Waals surface area (Å²) < 4.78 is 25.6. The van der Waals surface area contributed by atoms with Crippen LogP contribution >= 0.6 is 11.6 Å². The van der Waals surface area contributed by atoms with Crippen molar-refractivity contribution in [3.05, 3.63) is 36.1 Å². The number of hydrogen-bond donors (Lipinski definition) is 1. The number of rotatable bonds is 10. The van der Waals surface area contributed by atoms with E-state index in [1.165, 1.54) is 0 Å². The molecule has 3 heterocycles. The second-order valence-corrected chi connectivity index (χ2v) is 13.8. The highest BCUT2D eigenvalue weighted by molar-refractivity contribution is 6.48.